The molecule has 1 heterocycles. The number of hydrogen-bond acceptors (Lipinski definition) is 6. The lowest BCUT2D eigenvalue weighted by molar-refractivity contribution is -0.171. The summed E-state index contributed by atoms with van der Waals surface area (Å²) in [5, 5.41) is 9.72. The van der Waals surface area contributed by atoms with Crippen LogP contribution >= 0.6 is 0 Å². The summed E-state index contributed by atoms with van der Waals surface area (Å²) in [5.74, 6) is -0.731. The molecule has 0 radical (unpaired) electrons. The van der Waals surface area contributed by atoms with Crippen molar-refractivity contribution in [3.63, 3.8) is 0 Å². The molecule has 0 spiro atoms. The first-order valence-corrected chi connectivity index (χ1v) is 9.16. The van der Waals surface area contributed by atoms with Gasteiger partial charge < -0.3 is 19.5 Å². The number of likely N-dealkylation sites (tertiary alicyclic amines) is 1. The Bertz CT molecular complexity index is 858. The lowest BCUT2D eigenvalue weighted by Gasteiger charge is -2.45. The third-order valence-electron chi connectivity index (χ3n) is 4.89. The first-order valence-electron chi connectivity index (χ1n) is 9.16. The van der Waals surface area contributed by atoms with Gasteiger partial charge in [-0.05, 0) is 17.7 Å². The predicted molar refractivity (Wildman–Crippen MR) is 104 cm³/mol. The van der Waals surface area contributed by atoms with E-state index in [9.17, 15) is 14.7 Å². The summed E-state index contributed by atoms with van der Waals surface area (Å²) in [5.41, 5.74) is 3.95. The zero-order chi connectivity index (χ0) is 20.8. The molecule has 154 valence electrons. The number of carbonyl (C=O) groups excluding carboxylic acids is 2. The van der Waals surface area contributed by atoms with Crippen molar-refractivity contribution in [1.82, 2.24) is 10.4 Å². The molecular formula is C21H24N2O6. The maximum atomic E-state index is 12.6. The number of carbonyl (C=O) groups is 2. The summed E-state index contributed by atoms with van der Waals surface area (Å²) < 4.78 is 10.5. The summed E-state index contributed by atoms with van der Waals surface area (Å²) >= 11 is 0. The van der Waals surface area contributed by atoms with E-state index < -0.39 is 17.9 Å². The normalized spacial score (nSPS) is 18.2. The van der Waals surface area contributed by atoms with Crippen LogP contribution in [0.5, 0.6) is 11.5 Å². The number of amides is 2. The number of methoxy groups -OCH3 is 2. The number of nitrogens with zero attached hydrogens (tertiary/aromatic N) is 1. The number of hydroxylamine groups is 1. The summed E-state index contributed by atoms with van der Waals surface area (Å²) in [6.45, 7) is 0.0664. The lowest BCUT2D eigenvalue weighted by Crippen LogP contribution is -2.66. The molecule has 0 aromatic heterocycles. The van der Waals surface area contributed by atoms with Crippen molar-refractivity contribution < 1.29 is 29.0 Å². The van der Waals surface area contributed by atoms with Crippen LogP contribution in [0.2, 0.25) is 0 Å². The Labute approximate surface area is 168 Å². The van der Waals surface area contributed by atoms with Crippen LogP contribution in [0, 0.1) is 5.92 Å². The van der Waals surface area contributed by atoms with E-state index in [1.807, 2.05) is 30.3 Å². The number of rotatable bonds is 9. The van der Waals surface area contributed by atoms with Crippen LogP contribution in [0.25, 0.3) is 0 Å². The fourth-order valence-corrected chi connectivity index (χ4v) is 3.28. The molecule has 2 aromatic rings. The van der Waals surface area contributed by atoms with Gasteiger partial charge in [0, 0.05) is 18.2 Å². The number of benzene rings is 2. The van der Waals surface area contributed by atoms with Gasteiger partial charge >= 0.3 is 0 Å². The highest BCUT2D eigenvalue weighted by molar-refractivity contribution is 6.05. The minimum absolute atomic E-state index is 0.185. The Hall–Kier alpha value is -3.10. The van der Waals surface area contributed by atoms with E-state index >= 15 is 0 Å². The summed E-state index contributed by atoms with van der Waals surface area (Å²) in [6.07, 6.45) is 0. The molecule has 3 rings (SSSR count). The largest absolute Gasteiger partial charge is 0.497 e. The van der Waals surface area contributed by atoms with Gasteiger partial charge in [0.1, 0.15) is 17.4 Å². The number of β-lactam (4-membered cyclic amide) rings is 1. The number of hydrogen-bond donors (Lipinski definition) is 2. The minimum atomic E-state index is -0.986. The molecule has 0 bridgehead atoms. The maximum Gasteiger partial charge on any atom is 0.258 e. The Morgan fingerprint density at radius 1 is 1.14 bits per heavy atom. The predicted octanol–water partition coefficient (Wildman–Crippen LogP) is 1.27. The second kappa shape index (κ2) is 9.40. The molecule has 1 saturated heterocycles. The number of aliphatic hydroxyl groups excluding tert-OH is 1. The van der Waals surface area contributed by atoms with Gasteiger partial charge in [0.15, 0.2) is 0 Å². The first-order chi connectivity index (χ1) is 14.1. The molecule has 1 fully saturated rings. The zero-order valence-corrected chi connectivity index (χ0v) is 16.3. The molecule has 0 saturated carbocycles. The maximum absolute atomic E-state index is 12.6. The smallest absolute Gasteiger partial charge is 0.258 e. The molecule has 2 amide bonds. The van der Waals surface area contributed by atoms with Crippen molar-refractivity contribution in [3.05, 3.63) is 59.7 Å². The summed E-state index contributed by atoms with van der Waals surface area (Å²) in [4.78, 5) is 31.6. The van der Waals surface area contributed by atoms with Gasteiger partial charge in [-0.1, -0.05) is 30.3 Å². The van der Waals surface area contributed by atoms with Crippen LogP contribution in [0.3, 0.4) is 0 Å². The third-order valence-corrected chi connectivity index (χ3v) is 4.89. The molecule has 2 atom stereocenters. The average Bonchev–Trinajstić information content (AvgIpc) is 2.75. The van der Waals surface area contributed by atoms with Gasteiger partial charge in [-0.3, -0.25) is 14.4 Å². The fraction of sp³-hybridized carbons (Fsp3) is 0.333. The fourth-order valence-electron chi connectivity index (χ4n) is 3.28. The quantitative estimate of drug-likeness (QED) is 0.374. The van der Waals surface area contributed by atoms with Gasteiger partial charge in [0.05, 0.1) is 33.5 Å². The van der Waals surface area contributed by atoms with Crippen molar-refractivity contribution in [2.75, 3.05) is 20.8 Å². The van der Waals surface area contributed by atoms with Gasteiger partial charge in [-0.15, -0.1) is 0 Å². The Kier molecular flexibility index (Phi) is 6.69. The van der Waals surface area contributed by atoms with Gasteiger partial charge in [0.25, 0.3) is 5.91 Å². The van der Waals surface area contributed by atoms with Gasteiger partial charge in [0.2, 0.25) is 5.91 Å². The van der Waals surface area contributed by atoms with Crippen LogP contribution in [-0.4, -0.2) is 48.7 Å². The highest BCUT2D eigenvalue weighted by atomic mass is 16.6. The van der Waals surface area contributed by atoms with Crippen LogP contribution < -0.4 is 15.0 Å². The Morgan fingerprint density at radius 3 is 2.55 bits per heavy atom. The molecule has 1 aliphatic heterocycles. The molecule has 1 aliphatic rings. The third kappa shape index (κ3) is 4.49. The van der Waals surface area contributed by atoms with Crippen LogP contribution in [0.1, 0.15) is 11.1 Å². The second-order valence-electron chi connectivity index (χ2n) is 6.61. The van der Waals surface area contributed by atoms with E-state index in [4.69, 9.17) is 14.3 Å². The van der Waals surface area contributed by atoms with E-state index in [-0.39, 0.29) is 25.7 Å². The SMILES string of the molecule is COc1ccc(CN2C(=O)[C@@H](C(=O)NOCc3ccccc3)[C@H]2CO)c(OC)c1. The van der Waals surface area contributed by atoms with Crippen molar-refractivity contribution in [2.45, 2.75) is 19.2 Å². The molecule has 2 N–H and O–H groups in total. The molecule has 8 heteroatoms. The summed E-state index contributed by atoms with van der Waals surface area (Å²) in [7, 11) is 3.08. The lowest BCUT2D eigenvalue weighted by atomic mass is 9.86. The van der Waals surface area contributed by atoms with Crippen molar-refractivity contribution in [1.29, 1.82) is 0 Å². The van der Waals surface area contributed by atoms with Crippen molar-refractivity contribution >= 4 is 11.8 Å². The van der Waals surface area contributed by atoms with Crippen LogP contribution in [-0.2, 0) is 27.6 Å². The monoisotopic (exact) mass is 400 g/mol. The molecule has 8 nitrogen and oxygen atoms in total. The van der Waals surface area contributed by atoms with E-state index in [1.54, 1.807) is 25.3 Å². The van der Waals surface area contributed by atoms with Crippen LogP contribution in [0.4, 0.5) is 0 Å². The Balaban J connectivity index is 1.60. The topological polar surface area (TPSA) is 97.3 Å². The van der Waals surface area contributed by atoms with E-state index in [0.717, 1.165) is 11.1 Å². The Morgan fingerprint density at radius 2 is 1.90 bits per heavy atom. The highest BCUT2D eigenvalue weighted by Gasteiger charge is 2.51. The van der Waals surface area contributed by atoms with E-state index in [0.29, 0.717) is 11.5 Å². The van der Waals surface area contributed by atoms with E-state index in [1.165, 1.54) is 12.0 Å². The number of nitrogens with one attached hydrogen (secondary N) is 1. The van der Waals surface area contributed by atoms with Gasteiger partial charge in [-0.2, -0.15) is 0 Å². The summed E-state index contributed by atoms with van der Waals surface area (Å²) in [6, 6.07) is 14.0. The molecule has 0 aliphatic carbocycles. The van der Waals surface area contributed by atoms with Crippen molar-refractivity contribution in [2.24, 2.45) is 5.92 Å². The molecule has 2 aromatic carbocycles. The number of ether oxygens (including phenoxy) is 2. The van der Waals surface area contributed by atoms with Crippen molar-refractivity contribution in [3.8, 4) is 11.5 Å². The first kappa shape index (κ1) is 20.6. The minimum Gasteiger partial charge on any atom is -0.497 e. The average molecular weight is 400 g/mol. The molecule has 29 heavy (non-hydrogen) atoms. The highest BCUT2D eigenvalue weighted by Crippen LogP contribution is 2.32. The molecule has 0 unspecified atom stereocenters. The standard InChI is InChI=1S/C21H24N2O6/c1-27-16-9-8-15(18(10-16)28-2)11-23-17(12-24)19(21(23)26)20(25)22-29-13-14-6-4-3-5-7-14/h3-10,17,19,24H,11-13H2,1-2H3,(H,22,25)/t17-,19-/m1/s1. The van der Waals surface area contributed by atoms with Gasteiger partial charge in [-0.25, -0.2) is 5.48 Å². The second-order valence-corrected chi connectivity index (χ2v) is 6.61. The molecular weight excluding hydrogens is 376 g/mol. The van der Waals surface area contributed by atoms with E-state index in [2.05, 4.69) is 5.48 Å². The number of aliphatic hydroxyl groups is 1. The zero-order valence-electron chi connectivity index (χ0n) is 16.3. The van der Waals surface area contributed by atoms with Crippen LogP contribution in [0.15, 0.2) is 48.5 Å².